The summed E-state index contributed by atoms with van der Waals surface area (Å²) in [6, 6.07) is 7.81. The highest BCUT2D eigenvalue weighted by molar-refractivity contribution is 5.79. The van der Waals surface area contributed by atoms with Gasteiger partial charge in [0.15, 0.2) is 5.82 Å². The van der Waals surface area contributed by atoms with E-state index in [4.69, 9.17) is 4.52 Å². The van der Waals surface area contributed by atoms with E-state index in [0.29, 0.717) is 37.8 Å². The molecule has 2 aromatic rings. The van der Waals surface area contributed by atoms with Crippen LogP contribution in [0.25, 0.3) is 11.5 Å². The third-order valence-electron chi connectivity index (χ3n) is 4.65. The highest BCUT2D eigenvalue weighted by atomic mass is 16.5. The molecule has 26 heavy (non-hydrogen) atoms. The molecule has 0 saturated carbocycles. The Morgan fingerprint density at radius 3 is 2.77 bits per heavy atom. The summed E-state index contributed by atoms with van der Waals surface area (Å²) in [4.78, 5) is 32.4. The molecular formula is C19H24N4O3. The number of rotatable bonds is 4. The minimum Gasteiger partial charge on any atom is -0.338 e. The summed E-state index contributed by atoms with van der Waals surface area (Å²) in [7, 11) is 0. The van der Waals surface area contributed by atoms with Gasteiger partial charge in [-0.05, 0) is 26.0 Å². The molecule has 0 spiro atoms. The van der Waals surface area contributed by atoms with Crippen molar-refractivity contribution in [3.05, 3.63) is 35.7 Å². The molecule has 3 rings (SSSR count). The van der Waals surface area contributed by atoms with Crippen LogP contribution in [-0.4, -0.2) is 57.4 Å². The second kappa shape index (κ2) is 7.68. The first-order valence-corrected chi connectivity index (χ1v) is 8.94. The summed E-state index contributed by atoms with van der Waals surface area (Å²) < 4.78 is 5.29. The lowest BCUT2D eigenvalue weighted by Gasteiger charge is -2.39. The van der Waals surface area contributed by atoms with Crippen molar-refractivity contribution in [3.63, 3.8) is 0 Å². The summed E-state index contributed by atoms with van der Waals surface area (Å²) in [6.07, 6.45) is 0.590. The monoisotopic (exact) mass is 356 g/mol. The van der Waals surface area contributed by atoms with Crippen molar-refractivity contribution in [2.75, 3.05) is 19.6 Å². The molecule has 0 aliphatic carbocycles. The molecule has 2 amide bonds. The minimum atomic E-state index is -0.0444. The highest BCUT2D eigenvalue weighted by Crippen LogP contribution is 2.19. The van der Waals surface area contributed by atoms with Crippen LogP contribution in [0.3, 0.4) is 0 Å². The Morgan fingerprint density at radius 2 is 2.08 bits per heavy atom. The number of piperazine rings is 1. The molecule has 0 radical (unpaired) electrons. The standard InChI is InChI=1S/C19H24N4O3/c1-4-17(24)23-9-8-22(12-14(23)3)18(25)11-16-20-19(26-21-16)15-7-5-6-13(2)10-15/h5-7,10,14H,4,8-9,11-12H2,1-3H3/t14-/m1/s1. The van der Waals surface area contributed by atoms with E-state index in [1.807, 2.05) is 49.9 Å². The molecule has 1 saturated heterocycles. The van der Waals surface area contributed by atoms with E-state index in [9.17, 15) is 9.59 Å². The molecule has 1 aliphatic heterocycles. The maximum absolute atomic E-state index is 12.6. The maximum atomic E-state index is 12.6. The van der Waals surface area contributed by atoms with Crippen LogP contribution in [0, 0.1) is 6.92 Å². The number of carbonyl (C=O) groups excluding carboxylic acids is 2. The van der Waals surface area contributed by atoms with E-state index in [-0.39, 0.29) is 24.3 Å². The molecule has 1 aromatic carbocycles. The van der Waals surface area contributed by atoms with Crippen molar-refractivity contribution in [2.45, 2.75) is 39.7 Å². The van der Waals surface area contributed by atoms with Gasteiger partial charge in [-0.15, -0.1) is 0 Å². The largest absolute Gasteiger partial charge is 0.338 e. The van der Waals surface area contributed by atoms with Crippen LogP contribution in [0.1, 0.15) is 31.7 Å². The number of nitrogens with zero attached hydrogens (tertiary/aromatic N) is 4. The zero-order valence-corrected chi connectivity index (χ0v) is 15.4. The van der Waals surface area contributed by atoms with Gasteiger partial charge in [0.1, 0.15) is 0 Å². The molecule has 7 nitrogen and oxygen atoms in total. The summed E-state index contributed by atoms with van der Waals surface area (Å²) >= 11 is 0. The van der Waals surface area contributed by atoms with Crippen LogP contribution in [0.2, 0.25) is 0 Å². The topological polar surface area (TPSA) is 79.5 Å². The van der Waals surface area contributed by atoms with Gasteiger partial charge in [-0.2, -0.15) is 4.98 Å². The number of carbonyl (C=O) groups is 2. The first kappa shape index (κ1) is 18.1. The number of hydrogen-bond donors (Lipinski definition) is 0. The second-order valence-corrected chi connectivity index (χ2v) is 6.69. The van der Waals surface area contributed by atoms with Gasteiger partial charge in [0, 0.05) is 37.7 Å². The van der Waals surface area contributed by atoms with Crippen molar-refractivity contribution >= 4 is 11.8 Å². The Bertz CT molecular complexity index is 802. The van der Waals surface area contributed by atoms with E-state index in [1.54, 1.807) is 4.90 Å². The summed E-state index contributed by atoms with van der Waals surface area (Å²) in [5, 5.41) is 3.93. The molecule has 0 bridgehead atoms. The smallest absolute Gasteiger partial charge is 0.257 e. The van der Waals surface area contributed by atoms with E-state index >= 15 is 0 Å². The summed E-state index contributed by atoms with van der Waals surface area (Å²) in [5.74, 6) is 0.886. The fraction of sp³-hybridized carbons (Fsp3) is 0.474. The van der Waals surface area contributed by atoms with E-state index < -0.39 is 0 Å². The average molecular weight is 356 g/mol. The number of aryl methyl sites for hydroxylation is 1. The fourth-order valence-electron chi connectivity index (χ4n) is 3.23. The van der Waals surface area contributed by atoms with Gasteiger partial charge < -0.3 is 14.3 Å². The molecule has 1 aliphatic rings. The summed E-state index contributed by atoms with van der Waals surface area (Å²) in [5.41, 5.74) is 1.95. The Balaban J connectivity index is 1.62. The van der Waals surface area contributed by atoms with Crippen molar-refractivity contribution in [3.8, 4) is 11.5 Å². The van der Waals surface area contributed by atoms with Crippen LogP contribution in [0.15, 0.2) is 28.8 Å². The van der Waals surface area contributed by atoms with Crippen LogP contribution in [0.4, 0.5) is 0 Å². The molecule has 138 valence electrons. The Labute approximate surface area is 153 Å². The van der Waals surface area contributed by atoms with E-state index in [0.717, 1.165) is 11.1 Å². The van der Waals surface area contributed by atoms with Gasteiger partial charge >= 0.3 is 0 Å². The molecular weight excluding hydrogens is 332 g/mol. The van der Waals surface area contributed by atoms with Gasteiger partial charge in [0.25, 0.3) is 5.89 Å². The first-order chi connectivity index (χ1) is 12.5. The number of aromatic nitrogens is 2. The first-order valence-electron chi connectivity index (χ1n) is 8.94. The third kappa shape index (κ3) is 3.92. The van der Waals surface area contributed by atoms with Crippen LogP contribution < -0.4 is 0 Å². The van der Waals surface area contributed by atoms with Crippen LogP contribution in [0.5, 0.6) is 0 Å². The van der Waals surface area contributed by atoms with Gasteiger partial charge in [-0.1, -0.05) is 29.8 Å². The Morgan fingerprint density at radius 1 is 1.27 bits per heavy atom. The fourth-order valence-corrected chi connectivity index (χ4v) is 3.23. The van der Waals surface area contributed by atoms with E-state index in [2.05, 4.69) is 10.1 Å². The maximum Gasteiger partial charge on any atom is 0.257 e. The van der Waals surface area contributed by atoms with Gasteiger partial charge in [0.05, 0.1) is 6.42 Å². The number of hydrogen-bond acceptors (Lipinski definition) is 5. The molecule has 0 N–H and O–H groups in total. The predicted molar refractivity (Wildman–Crippen MR) is 96.2 cm³/mol. The lowest BCUT2D eigenvalue weighted by Crippen LogP contribution is -2.55. The molecule has 1 atom stereocenters. The molecule has 2 heterocycles. The summed E-state index contributed by atoms with van der Waals surface area (Å²) in [6.45, 7) is 7.46. The molecule has 1 aromatic heterocycles. The zero-order chi connectivity index (χ0) is 18.7. The van der Waals surface area contributed by atoms with Crippen molar-refractivity contribution in [2.24, 2.45) is 0 Å². The van der Waals surface area contributed by atoms with E-state index in [1.165, 1.54) is 0 Å². The lowest BCUT2D eigenvalue weighted by molar-refractivity contribution is -0.142. The minimum absolute atomic E-state index is 0.0215. The van der Waals surface area contributed by atoms with Gasteiger partial charge in [-0.25, -0.2) is 0 Å². The quantitative estimate of drug-likeness (QED) is 0.838. The van der Waals surface area contributed by atoms with Gasteiger partial charge in [-0.3, -0.25) is 9.59 Å². The van der Waals surface area contributed by atoms with Crippen molar-refractivity contribution in [1.82, 2.24) is 19.9 Å². The average Bonchev–Trinajstić information content (AvgIpc) is 3.09. The van der Waals surface area contributed by atoms with Crippen molar-refractivity contribution in [1.29, 1.82) is 0 Å². The Hall–Kier alpha value is -2.70. The van der Waals surface area contributed by atoms with Crippen molar-refractivity contribution < 1.29 is 14.1 Å². The Kier molecular flexibility index (Phi) is 5.35. The van der Waals surface area contributed by atoms with Gasteiger partial charge in [0.2, 0.25) is 11.8 Å². The van der Waals surface area contributed by atoms with Crippen LogP contribution in [-0.2, 0) is 16.0 Å². The number of benzene rings is 1. The zero-order valence-electron chi connectivity index (χ0n) is 15.4. The normalized spacial score (nSPS) is 17.4. The molecule has 1 fully saturated rings. The predicted octanol–water partition coefficient (Wildman–Crippen LogP) is 2.06. The van der Waals surface area contributed by atoms with Crippen LogP contribution >= 0.6 is 0 Å². The number of amides is 2. The second-order valence-electron chi connectivity index (χ2n) is 6.69. The molecule has 7 heteroatoms. The SMILES string of the molecule is CCC(=O)N1CCN(C(=O)Cc2noc(-c3cccc(C)c3)n2)C[C@H]1C. The third-order valence-corrected chi connectivity index (χ3v) is 4.65. The molecule has 0 unspecified atom stereocenters. The lowest BCUT2D eigenvalue weighted by atomic mass is 10.1. The highest BCUT2D eigenvalue weighted by Gasteiger charge is 2.29.